The Kier molecular flexibility index (Phi) is 2.56. The number of rotatable bonds is 1. The van der Waals surface area contributed by atoms with E-state index in [4.69, 9.17) is 4.74 Å². The van der Waals surface area contributed by atoms with E-state index in [9.17, 15) is 10.2 Å². The number of phenols is 2. The molecular weight excluding hydrogens is 182 g/mol. The molecule has 0 bridgehead atoms. The first-order valence-corrected chi connectivity index (χ1v) is 4.62. The second kappa shape index (κ2) is 3.86. The minimum atomic E-state index is -0.259. The van der Waals surface area contributed by atoms with E-state index < -0.39 is 0 Å². The van der Waals surface area contributed by atoms with Gasteiger partial charge >= 0.3 is 0 Å². The van der Waals surface area contributed by atoms with Crippen molar-refractivity contribution in [1.82, 2.24) is 5.32 Å². The molecule has 1 unspecified atom stereocenters. The van der Waals surface area contributed by atoms with Crippen LogP contribution >= 0.6 is 0 Å². The van der Waals surface area contributed by atoms with E-state index in [1.807, 2.05) is 0 Å². The van der Waals surface area contributed by atoms with Crippen molar-refractivity contribution in [3.63, 3.8) is 0 Å². The molecule has 0 amide bonds. The standard InChI is InChI=1S/C10H13NO3/c12-7-2-1-3-8(13)10(7)9-6-11-4-5-14-9/h1-3,9,11-13H,4-6H2. The van der Waals surface area contributed by atoms with Crippen molar-refractivity contribution in [3.8, 4) is 11.5 Å². The minimum absolute atomic E-state index is 0.0821. The Hall–Kier alpha value is -1.26. The highest BCUT2D eigenvalue weighted by Crippen LogP contribution is 2.34. The smallest absolute Gasteiger partial charge is 0.125 e. The SMILES string of the molecule is Oc1cccc(O)c1C1CNCCO1. The maximum absolute atomic E-state index is 9.58. The van der Waals surface area contributed by atoms with Crippen molar-refractivity contribution in [3.05, 3.63) is 23.8 Å². The van der Waals surface area contributed by atoms with Crippen LogP contribution in [0.25, 0.3) is 0 Å². The van der Waals surface area contributed by atoms with Gasteiger partial charge in [0.05, 0.1) is 12.2 Å². The first kappa shape index (κ1) is 9.30. The van der Waals surface area contributed by atoms with Gasteiger partial charge in [-0.1, -0.05) is 6.07 Å². The number of hydrogen-bond acceptors (Lipinski definition) is 4. The molecule has 3 N–H and O–H groups in total. The highest BCUT2D eigenvalue weighted by atomic mass is 16.5. The molecule has 1 aromatic rings. The average molecular weight is 195 g/mol. The fourth-order valence-electron chi connectivity index (χ4n) is 1.62. The van der Waals surface area contributed by atoms with Crippen molar-refractivity contribution in [2.45, 2.75) is 6.10 Å². The first-order valence-electron chi connectivity index (χ1n) is 4.62. The third-order valence-corrected chi connectivity index (χ3v) is 2.31. The Morgan fingerprint density at radius 2 is 2.00 bits per heavy atom. The third kappa shape index (κ3) is 1.66. The molecule has 1 fully saturated rings. The summed E-state index contributed by atoms with van der Waals surface area (Å²) in [5.74, 6) is 0.164. The van der Waals surface area contributed by atoms with E-state index in [0.717, 1.165) is 6.54 Å². The number of hydrogen-bond donors (Lipinski definition) is 3. The molecule has 1 heterocycles. The van der Waals surface area contributed by atoms with E-state index in [1.54, 1.807) is 18.2 Å². The molecule has 1 saturated heterocycles. The van der Waals surface area contributed by atoms with Gasteiger partial charge in [-0.25, -0.2) is 0 Å². The van der Waals surface area contributed by atoms with Crippen LogP contribution in [-0.4, -0.2) is 29.9 Å². The second-order valence-corrected chi connectivity index (χ2v) is 3.27. The highest BCUT2D eigenvalue weighted by molar-refractivity contribution is 5.44. The lowest BCUT2D eigenvalue weighted by Gasteiger charge is -2.24. The van der Waals surface area contributed by atoms with Gasteiger partial charge in [0.1, 0.15) is 17.6 Å². The van der Waals surface area contributed by atoms with Crippen LogP contribution in [0.4, 0.5) is 0 Å². The lowest BCUT2D eigenvalue weighted by molar-refractivity contribution is 0.0249. The topological polar surface area (TPSA) is 61.7 Å². The van der Waals surface area contributed by atoms with Gasteiger partial charge in [0.15, 0.2) is 0 Å². The Morgan fingerprint density at radius 1 is 1.29 bits per heavy atom. The molecule has 0 radical (unpaired) electrons. The predicted molar refractivity (Wildman–Crippen MR) is 51.3 cm³/mol. The maximum atomic E-state index is 9.58. The van der Waals surface area contributed by atoms with Crippen LogP contribution in [0.2, 0.25) is 0 Å². The second-order valence-electron chi connectivity index (χ2n) is 3.27. The Balaban J connectivity index is 2.29. The van der Waals surface area contributed by atoms with Gasteiger partial charge in [0.25, 0.3) is 0 Å². The summed E-state index contributed by atoms with van der Waals surface area (Å²) in [6.45, 7) is 2.02. The van der Waals surface area contributed by atoms with Gasteiger partial charge < -0.3 is 20.3 Å². The van der Waals surface area contributed by atoms with Gasteiger partial charge in [-0.05, 0) is 12.1 Å². The van der Waals surface area contributed by atoms with Crippen LogP contribution < -0.4 is 5.32 Å². The highest BCUT2D eigenvalue weighted by Gasteiger charge is 2.21. The van der Waals surface area contributed by atoms with Crippen molar-refractivity contribution >= 4 is 0 Å². The van der Waals surface area contributed by atoms with Crippen molar-refractivity contribution in [2.75, 3.05) is 19.7 Å². The Labute approximate surface area is 82.1 Å². The van der Waals surface area contributed by atoms with E-state index in [1.165, 1.54) is 0 Å². The molecule has 1 atom stereocenters. The Bertz CT molecular complexity index is 301. The van der Waals surface area contributed by atoms with E-state index in [2.05, 4.69) is 5.32 Å². The van der Waals surface area contributed by atoms with Crippen LogP contribution in [0.3, 0.4) is 0 Å². The maximum Gasteiger partial charge on any atom is 0.125 e. The van der Waals surface area contributed by atoms with Gasteiger partial charge in [0, 0.05) is 13.1 Å². The molecule has 1 aromatic carbocycles. The average Bonchev–Trinajstić information content (AvgIpc) is 2.19. The summed E-state index contributed by atoms with van der Waals surface area (Å²) in [5.41, 5.74) is 0.472. The molecule has 0 spiro atoms. The van der Waals surface area contributed by atoms with Crippen molar-refractivity contribution in [2.24, 2.45) is 0 Å². The van der Waals surface area contributed by atoms with Crippen LogP contribution in [0, 0.1) is 0 Å². The molecule has 1 aliphatic rings. The summed E-state index contributed by atoms with van der Waals surface area (Å²) in [7, 11) is 0. The summed E-state index contributed by atoms with van der Waals surface area (Å²) >= 11 is 0. The Morgan fingerprint density at radius 3 is 2.57 bits per heavy atom. The van der Waals surface area contributed by atoms with Crippen LogP contribution in [0.1, 0.15) is 11.7 Å². The monoisotopic (exact) mass is 195 g/mol. The fraction of sp³-hybridized carbons (Fsp3) is 0.400. The number of ether oxygens (including phenoxy) is 1. The summed E-state index contributed by atoms with van der Waals surface area (Å²) in [4.78, 5) is 0. The molecule has 14 heavy (non-hydrogen) atoms. The molecule has 0 saturated carbocycles. The normalized spacial score (nSPS) is 22.1. The summed E-state index contributed by atoms with van der Waals surface area (Å²) in [6.07, 6.45) is -0.259. The fourth-order valence-corrected chi connectivity index (χ4v) is 1.62. The van der Waals surface area contributed by atoms with Crippen molar-refractivity contribution in [1.29, 1.82) is 0 Å². The summed E-state index contributed by atoms with van der Waals surface area (Å²) in [6, 6.07) is 4.70. The zero-order valence-electron chi connectivity index (χ0n) is 7.73. The number of phenolic OH excluding ortho intramolecular Hbond substituents is 2. The van der Waals surface area contributed by atoms with Crippen molar-refractivity contribution < 1.29 is 14.9 Å². The number of morpholine rings is 1. The molecule has 0 aromatic heterocycles. The van der Waals surface area contributed by atoms with E-state index >= 15 is 0 Å². The molecule has 2 rings (SSSR count). The van der Waals surface area contributed by atoms with Gasteiger partial charge in [-0.15, -0.1) is 0 Å². The van der Waals surface area contributed by atoms with Crippen LogP contribution in [0.5, 0.6) is 11.5 Å². The number of aromatic hydroxyl groups is 2. The first-order chi connectivity index (χ1) is 6.79. The molecule has 4 nitrogen and oxygen atoms in total. The largest absolute Gasteiger partial charge is 0.507 e. The van der Waals surface area contributed by atoms with Gasteiger partial charge in [-0.2, -0.15) is 0 Å². The summed E-state index contributed by atoms with van der Waals surface area (Å²) < 4.78 is 5.44. The quantitative estimate of drug-likeness (QED) is 0.619. The molecule has 0 aliphatic carbocycles. The minimum Gasteiger partial charge on any atom is -0.507 e. The zero-order chi connectivity index (χ0) is 9.97. The lowest BCUT2D eigenvalue weighted by atomic mass is 10.1. The third-order valence-electron chi connectivity index (χ3n) is 2.31. The van der Waals surface area contributed by atoms with Crippen LogP contribution in [-0.2, 0) is 4.74 Å². The number of benzene rings is 1. The van der Waals surface area contributed by atoms with E-state index in [-0.39, 0.29) is 17.6 Å². The summed E-state index contributed by atoms with van der Waals surface area (Å²) in [5, 5.41) is 22.3. The molecule has 1 aliphatic heterocycles. The van der Waals surface area contributed by atoms with Gasteiger partial charge in [-0.3, -0.25) is 0 Å². The van der Waals surface area contributed by atoms with Crippen LogP contribution in [0.15, 0.2) is 18.2 Å². The molecule has 76 valence electrons. The number of nitrogens with one attached hydrogen (secondary N) is 1. The predicted octanol–water partition coefficient (Wildman–Crippen LogP) is 0.759. The molecular formula is C10H13NO3. The molecule has 4 heteroatoms. The zero-order valence-corrected chi connectivity index (χ0v) is 7.73. The van der Waals surface area contributed by atoms with Gasteiger partial charge in [0.2, 0.25) is 0 Å². The van der Waals surface area contributed by atoms with E-state index in [0.29, 0.717) is 18.7 Å². The lowest BCUT2D eigenvalue weighted by Crippen LogP contribution is -2.33.